The summed E-state index contributed by atoms with van der Waals surface area (Å²) in [5.41, 5.74) is 0.750. The summed E-state index contributed by atoms with van der Waals surface area (Å²) in [7, 11) is 0. The quantitative estimate of drug-likeness (QED) is 0.591. The maximum absolute atomic E-state index is 12.8. The standard InChI is InChI=1S/C13H16F3N3O/c1-12(2)6-10(12)18-11(20)7-3-4-9(19-17)8(5-7)13(14,15)16/h3-5,10,19H,6,17H2,1-2H3,(H,18,20). The molecule has 0 saturated heterocycles. The highest BCUT2D eigenvalue weighted by Crippen LogP contribution is 2.44. The van der Waals surface area contributed by atoms with E-state index in [4.69, 9.17) is 5.84 Å². The molecule has 4 N–H and O–H groups in total. The van der Waals surface area contributed by atoms with Crippen LogP contribution >= 0.6 is 0 Å². The summed E-state index contributed by atoms with van der Waals surface area (Å²) in [6.45, 7) is 3.97. The molecule has 1 atom stereocenters. The molecular weight excluding hydrogens is 271 g/mol. The highest BCUT2D eigenvalue weighted by molar-refractivity contribution is 5.95. The summed E-state index contributed by atoms with van der Waals surface area (Å²) in [5, 5.41) is 2.72. The normalized spacial score (nSPS) is 20.4. The van der Waals surface area contributed by atoms with Crippen LogP contribution in [0.15, 0.2) is 18.2 Å². The highest BCUT2D eigenvalue weighted by atomic mass is 19.4. The first-order valence-corrected chi connectivity index (χ1v) is 6.14. The Hall–Kier alpha value is -1.76. The number of carbonyl (C=O) groups excluding carboxylic acids is 1. The van der Waals surface area contributed by atoms with E-state index in [0.717, 1.165) is 18.6 Å². The van der Waals surface area contributed by atoms with E-state index in [1.165, 1.54) is 6.07 Å². The second kappa shape index (κ2) is 4.66. The van der Waals surface area contributed by atoms with Gasteiger partial charge in [0.1, 0.15) is 0 Å². The average Bonchev–Trinajstić information content (AvgIpc) is 2.94. The monoisotopic (exact) mass is 287 g/mol. The number of nitrogens with one attached hydrogen (secondary N) is 2. The third-order valence-corrected chi connectivity index (χ3v) is 3.56. The first-order chi connectivity index (χ1) is 9.15. The van der Waals surface area contributed by atoms with Gasteiger partial charge in [0.2, 0.25) is 0 Å². The van der Waals surface area contributed by atoms with Crippen molar-refractivity contribution in [3.8, 4) is 0 Å². The van der Waals surface area contributed by atoms with Gasteiger partial charge in [-0.05, 0) is 30.0 Å². The Bertz CT molecular complexity index is 540. The predicted octanol–water partition coefficient (Wildman–Crippen LogP) is 2.52. The fraction of sp³-hybridized carbons (Fsp3) is 0.462. The van der Waals surface area contributed by atoms with Crippen LogP contribution < -0.4 is 16.6 Å². The van der Waals surface area contributed by atoms with Gasteiger partial charge in [-0.3, -0.25) is 10.6 Å². The predicted molar refractivity (Wildman–Crippen MR) is 68.9 cm³/mol. The molecule has 1 aromatic carbocycles. The molecule has 0 spiro atoms. The first-order valence-electron chi connectivity index (χ1n) is 6.14. The van der Waals surface area contributed by atoms with E-state index in [1.807, 2.05) is 19.3 Å². The Kier molecular flexibility index (Phi) is 3.41. The Morgan fingerprint density at radius 2 is 2.00 bits per heavy atom. The van der Waals surface area contributed by atoms with Crippen LogP contribution in [0.4, 0.5) is 18.9 Å². The molecule has 0 heterocycles. The summed E-state index contributed by atoms with van der Waals surface area (Å²) in [5.74, 6) is 4.54. The van der Waals surface area contributed by atoms with Crippen LogP contribution in [0.3, 0.4) is 0 Å². The number of nitrogens with two attached hydrogens (primary N) is 1. The SMILES string of the molecule is CC1(C)CC1NC(=O)c1ccc(NN)c(C(F)(F)F)c1. The molecule has 1 unspecified atom stereocenters. The number of amides is 1. The summed E-state index contributed by atoms with van der Waals surface area (Å²) in [6, 6.07) is 3.28. The first kappa shape index (κ1) is 14.6. The molecule has 1 aliphatic carbocycles. The van der Waals surface area contributed by atoms with Crippen LogP contribution in [0.2, 0.25) is 0 Å². The molecule has 2 rings (SSSR count). The summed E-state index contributed by atoms with van der Waals surface area (Å²) < 4.78 is 38.5. The highest BCUT2D eigenvalue weighted by Gasteiger charge is 2.46. The van der Waals surface area contributed by atoms with E-state index in [9.17, 15) is 18.0 Å². The number of halogens is 3. The lowest BCUT2D eigenvalue weighted by Gasteiger charge is -2.14. The number of hydrazine groups is 1. The van der Waals surface area contributed by atoms with Crippen LogP contribution in [-0.4, -0.2) is 11.9 Å². The van der Waals surface area contributed by atoms with Crippen molar-refractivity contribution < 1.29 is 18.0 Å². The minimum Gasteiger partial charge on any atom is -0.349 e. The second-order valence-electron chi connectivity index (χ2n) is 5.62. The third-order valence-electron chi connectivity index (χ3n) is 3.56. The molecule has 1 aromatic rings. The van der Waals surface area contributed by atoms with Crippen LogP contribution in [0.5, 0.6) is 0 Å². The number of alkyl halides is 3. The van der Waals surface area contributed by atoms with Crippen LogP contribution in [-0.2, 0) is 6.18 Å². The maximum atomic E-state index is 12.8. The van der Waals surface area contributed by atoms with Crippen molar-refractivity contribution in [2.24, 2.45) is 11.3 Å². The molecule has 0 aliphatic heterocycles. The Morgan fingerprint density at radius 1 is 1.40 bits per heavy atom. The van der Waals surface area contributed by atoms with Gasteiger partial charge in [0.15, 0.2) is 0 Å². The molecule has 0 radical (unpaired) electrons. The Morgan fingerprint density at radius 3 is 2.45 bits per heavy atom. The fourth-order valence-electron chi connectivity index (χ4n) is 2.00. The summed E-state index contributed by atoms with van der Waals surface area (Å²) in [4.78, 5) is 11.9. The lowest BCUT2D eigenvalue weighted by atomic mass is 10.1. The van der Waals surface area contributed by atoms with Crippen molar-refractivity contribution in [3.63, 3.8) is 0 Å². The number of rotatable bonds is 3. The molecular formula is C13H16F3N3O. The summed E-state index contributed by atoms with van der Waals surface area (Å²) in [6.07, 6.45) is -3.75. The molecule has 1 fully saturated rings. The van der Waals surface area contributed by atoms with Gasteiger partial charge in [0, 0.05) is 11.6 Å². The molecule has 110 valence electrons. The number of carbonyl (C=O) groups is 1. The van der Waals surface area contributed by atoms with Crippen molar-refractivity contribution in [2.75, 3.05) is 5.43 Å². The molecule has 7 heteroatoms. The maximum Gasteiger partial charge on any atom is 0.418 e. The summed E-state index contributed by atoms with van der Waals surface area (Å²) >= 11 is 0. The van der Waals surface area contributed by atoms with Crippen LogP contribution in [0.25, 0.3) is 0 Å². The van der Waals surface area contributed by atoms with Gasteiger partial charge in [0.25, 0.3) is 5.91 Å². The Balaban J connectivity index is 2.23. The lowest BCUT2D eigenvalue weighted by Crippen LogP contribution is -2.28. The third kappa shape index (κ3) is 2.87. The number of benzene rings is 1. The lowest BCUT2D eigenvalue weighted by molar-refractivity contribution is -0.137. The smallest absolute Gasteiger partial charge is 0.349 e. The number of hydrogen-bond acceptors (Lipinski definition) is 3. The minimum absolute atomic E-state index is 0.0108. The van der Waals surface area contributed by atoms with Crippen LogP contribution in [0.1, 0.15) is 36.2 Å². The molecule has 0 bridgehead atoms. The van der Waals surface area contributed by atoms with Gasteiger partial charge >= 0.3 is 6.18 Å². The molecule has 4 nitrogen and oxygen atoms in total. The zero-order valence-electron chi connectivity index (χ0n) is 11.1. The van der Waals surface area contributed by atoms with E-state index in [-0.39, 0.29) is 22.7 Å². The van der Waals surface area contributed by atoms with Gasteiger partial charge < -0.3 is 10.7 Å². The number of anilines is 1. The van der Waals surface area contributed by atoms with Gasteiger partial charge in [-0.25, -0.2) is 0 Å². The Labute approximate surface area is 114 Å². The van der Waals surface area contributed by atoms with Gasteiger partial charge in [-0.15, -0.1) is 0 Å². The largest absolute Gasteiger partial charge is 0.418 e. The second-order valence-corrected chi connectivity index (χ2v) is 5.62. The van der Waals surface area contributed by atoms with Gasteiger partial charge in [0.05, 0.1) is 11.3 Å². The minimum atomic E-state index is -4.57. The molecule has 1 saturated carbocycles. The molecule has 0 aromatic heterocycles. The fourth-order valence-corrected chi connectivity index (χ4v) is 2.00. The zero-order valence-corrected chi connectivity index (χ0v) is 11.1. The van der Waals surface area contributed by atoms with Crippen LogP contribution in [0, 0.1) is 5.41 Å². The van der Waals surface area contributed by atoms with E-state index in [1.54, 1.807) is 0 Å². The molecule has 20 heavy (non-hydrogen) atoms. The van der Waals surface area contributed by atoms with Crippen molar-refractivity contribution >= 4 is 11.6 Å². The van der Waals surface area contributed by atoms with Crippen molar-refractivity contribution in [2.45, 2.75) is 32.5 Å². The van der Waals surface area contributed by atoms with E-state index >= 15 is 0 Å². The van der Waals surface area contributed by atoms with Gasteiger partial charge in [-0.2, -0.15) is 13.2 Å². The van der Waals surface area contributed by atoms with Crippen molar-refractivity contribution in [1.82, 2.24) is 5.32 Å². The van der Waals surface area contributed by atoms with E-state index in [2.05, 4.69) is 5.32 Å². The topological polar surface area (TPSA) is 67.2 Å². The molecule has 1 amide bonds. The van der Waals surface area contributed by atoms with Crippen molar-refractivity contribution in [3.05, 3.63) is 29.3 Å². The number of hydrogen-bond donors (Lipinski definition) is 3. The van der Waals surface area contributed by atoms with E-state index < -0.39 is 17.6 Å². The van der Waals surface area contributed by atoms with Gasteiger partial charge in [-0.1, -0.05) is 13.8 Å². The van der Waals surface area contributed by atoms with E-state index in [0.29, 0.717) is 0 Å². The molecule has 1 aliphatic rings. The zero-order chi connectivity index (χ0) is 15.1. The number of nitrogen functional groups attached to an aromatic ring is 1. The average molecular weight is 287 g/mol. The van der Waals surface area contributed by atoms with Crippen molar-refractivity contribution in [1.29, 1.82) is 0 Å².